The van der Waals surface area contributed by atoms with Gasteiger partial charge in [-0.1, -0.05) is 19.3 Å². The average molecular weight is 345 g/mol. The summed E-state index contributed by atoms with van der Waals surface area (Å²) in [6, 6.07) is 6.25. The van der Waals surface area contributed by atoms with Gasteiger partial charge in [-0.2, -0.15) is 4.31 Å². The molecular weight excluding hydrogens is 324 g/mol. The van der Waals surface area contributed by atoms with E-state index in [1.165, 1.54) is 22.9 Å². The van der Waals surface area contributed by atoms with E-state index in [0.29, 0.717) is 5.69 Å². The smallest absolute Gasteiger partial charge is 0.243 e. The van der Waals surface area contributed by atoms with E-state index < -0.39 is 10.0 Å². The molecule has 0 bridgehead atoms. The fourth-order valence-electron chi connectivity index (χ4n) is 2.71. The lowest BCUT2D eigenvalue weighted by atomic mass is 9.96. The normalized spacial score (nSPS) is 16.7. The van der Waals surface area contributed by atoms with Crippen LogP contribution in [0.3, 0.4) is 0 Å². The molecule has 2 rings (SSSR count). The Morgan fingerprint density at radius 1 is 1.23 bits per heavy atom. The first-order valence-corrected chi connectivity index (χ1v) is 9.36. The fourth-order valence-corrected chi connectivity index (χ4v) is 4.19. The Kier molecular flexibility index (Phi) is 5.83. The number of carbonyl (C=O) groups is 1. The minimum atomic E-state index is -3.49. The molecule has 1 amide bonds. The lowest BCUT2D eigenvalue weighted by Gasteiger charge is -2.30. The highest BCUT2D eigenvalue weighted by atomic mass is 35.5. The van der Waals surface area contributed by atoms with Crippen molar-refractivity contribution < 1.29 is 13.2 Å². The molecule has 7 heteroatoms. The molecule has 0 saturated heterocycles. The average Bonchev–Trinajstić information content (AvgIpc) is 2.55. The number of anilines is 1. The van der Waals surface area contributed by atoms with E-state index >= 15 is 0 Å². The zero-order chi connectivity index (χ0) is 16.2. The fraction of sp³-hybridized carbons (Fsp3) is 0.533. The van der Waals surface area contributed by atoms with Gasteiger partial charge in [-0.15, -0.1) is 11.6 Å². The second-order valence-electron chi connectivity index (χ2n) is 5.52. The molecule has 0 aromatic heterocycles. The second kappa shape index (κ2) is 7.44. The van der Waals surface area contributed by atoms with Gasteiger partial charge in [-0.05, 0) is 37.1 Å². The van der Waals surface area contributed by atoms with Crippen LogP contribution in [0.1, 0.15) is 32.1 Å². The molecule has 1 aliphatic rings. The van der Waals surface area contributed by atoms with Crippen molar-refractivity contribution in [1.82, 2.24) is 4.31 Å². The highest BCUT2D eigenvalue weighted by Gasteiger charge is 2.28. The summed E-state index contributed by atoms with van der Waals surface area (Å²) >= 11 is 5.42. The number of sulfonamides is 1. The number of hydrogen-bond acceptors (Lipinski definition) is 3. The monoisotopic (exact) mass is 344 g/mol. The van der Waals surface area contributed by atoms with E-state index in [2.05, 4.69) is 5.32 Å². The van der Waals surface area contributed by atoms with Gasteiger partial charge in [0.1, 0.15) is 5.88 Å². The zero-order valence-corrected chi connectivity index (χ0v) is 14.2. The van der Waals surface area contributed by atoms with Crippen LogP contribution in [0.4, 0.5) is 5.69 Å². The van der Waals surface area contributed by atoms with E-state index in [4.69, 9.17) is 11.6 Å². The summed E-state index contributed by atoms with van der Waals surface area (Å²) < 4.78 is 26.8. The van der Waals surface area contributed by atoms with Crippen LogP contribution >= 0.6 is 11.6 Å². The molecule has 1 fully saturated rings. The summed E-state index contributed by atoms with van der Waals surface area (Å²) in [5, 5.41) is 2.58. The molecule has 0 atom stereocenters. The van der Waals surface area contributed by atoms with Gasteiger partial charge in [0.15, 0.2) is 0 Å². The lowest BCUT2D eigenvalue weighted by Crippen LogP contribution is -2.38. The van der Waals surface area contributed by atoms with Crippen LogP contribution in [0.15, 0.2) is 29.2 Å². The molecule has 1 aliphatic carbocycles. The van der Waals surface area contributed by atoms with Gasteiger partial charge in [0.05, 0.1) is 4.90 Å². The van der Waals surface area contributed by atoms with Crippen molar-refractivity contribution >= 4 is 33.2 Å². The number of carbonyl (C=O) groups excluding carboxylic acids is 1. The third-order valence-electron chi connectivity index (χ3n) is 4.03. The summed E-state index contributed by atoms with van der Waals surface area (Å²) in [6.07, 6.45) is 5.17. The molecule has 122 valence electrons. The number of amides is 1. The highest BCUT2D eigenvalue weighted by molar-refractivity contribution is 7.89. The molecule has 0 heterocycles. The summed E-state index contributed by atoms with van der Waals surface area (Å²) in [5.74, 6) is -0.457. The SMILES string of the molecule is CN(C1CCCCC1)S(=O)(=O)c1ccc(NC(=O)CCl)cc1. The number of nitrogens with zero attached hydrogens (tertiary/aromatic N) is 1. The number of rotatable bonds is 5. The third-order valence-corrected chi connectivity index (χ3v) is 6.19. The van der Waals surface area contributed by atoms with E-state index in [9.17, 15) is 13.2 Å². The number of nitrogens with one attached hydrogen (secondary N) is 1. The summed E-state index contributed by atoms with van der Waals surface area (Å²) in [4.78, 5) is 11.4. The molecular formula is C15H21ClN2O3S. The minimum absolute atomic E-state index is 0.0781. The molecule has 0 unspecified atom stereocenters. The number of halogens is 1. The number of alkyl halides is 1. The predicted octanol–water partition coefficient (Wildman–Crippen LogP) is 2.82. The van der Waals surface area contributed by atoms with Gasteiger partial charge in [-0.3, -0.25) is 4.79 Å². The van der Waals surface area contributed by atoms with Gasteiger partial charge in [-0.25, -0.2) is 8.42 Å². The van der Waals surface area contributed by atoms with Crippen LogP contribution < -0.4 is 5.32 Å². The van der Waals surface area contributed by atoms with Gasteiger partial charge < -0.3 is 5.32 Å². The maximum atomic E-state index is 12.6. The van der Waals surface area contributed by atoms with Crippen molar-refractivity contribution in [3.63, 3.8) is 0 Å². The molecule has 0 spiro atoms. The Balaban J connectivity index is 2.13. The Bertz CT molecular complexity index is 610. The van der Waals surface area contributed by atoms with Gasteiger partial charge in [0, 0.05) is 18.8 Å². The largest absolute Gasteiger partial charge is 0.325 e. The van der Waals surface area contributed by atoms with E-state index in [1.54, 1.807) is 19.2 Å². The van der Waals surface area contributed by atoms with E-state index in [-0.39, 0.29) is 22.7 Å². The van der Waals surface area contributed by atoms with E-state index in [0.717, 1.165) is 25.7 Å². The first-order valence-electron chi connectivity index (χ1n) is 7.39. The third kappa shape index (κ3) is 4.00. The van der Waals surface area contributed by atoms with Crippen LogP contribution in [0.2, 0.25) is 0 Å². The molecule has 1 aromatic rings. The van der Waals surface area contributed by atoms with Crippen molar-refractivity contribution in [1.29, 1.82) is 0 Å². The summed E-state index contributed by atoms with van der Waals surface area (Å²) in [5.41, 5.74) is 0.532. The summed E-state index contributed by atoms with van der Waals surface area (Å²) in [7, 11) is -1.85. The second-order valence-corrected chi connectivity index (χ2v) is 7.78. The predicted molar refractivity (Wildman–Crippen MR) is 87.6 cm³/mol. The molecule has 0 radical (unpaired) electrons. The molecule has 1 N–H and O–H groups in total. The standard InChI is InChI=1S/C15H21ClN2O3S/c1-18(13-5-3-2-4-6-13)22(20,21)14-9-7-12(8-10-14)17-15(19)11-16/h7-10,13H,2-6,11H2,1H3,(H,17,19). The van der Waals surface area contributed by atoms with Crippen LogP contribution in [0.25, 0.3) is 0 Å². The topological polar surface area (TPSA) is 66.5 Å². The quantitative estimate of drug-likeness (QED) is 0.835. The summed E-state index contributed by atoms with van der Waals surface area (Å²) in [6.45, 7) is 0. The number of hydrogen-bond donors (Lipinski definition) is 1. The number of benzene rings is 1. The van der Waals surface area contributed by atoms with Crippen molar-refractivity contribution in [3.8, 4) is 0 Å². The maximum Gasteiger partial charge on any atom is 0.243 e. The maximum absolute atomic E-state index is 12.6. The van der Waals surface area contributed by atoms with Gasteiger partial charge in [0.25, 0.3) is 0 Å². The lowest BCUT2D eigenvalue weighted by molar-refractivity contribution is -0.113. The van der Waals surface area contributed by atoms with Crippen molar-refractivity contribution in [3.05, 3.63) is 24.3 Å². The van der Waals surface area contributed by atoms with Crippen LogP contribution in [-0.4, -0.2) is 37.6 Å². The Hall–Kier alpha value is -1.11. The Morgan fingerprint density at radius 3 is 2.36 bits per heavy atom. The first-order chi connectivity index (χ1) is 10.4. The first kappa shape index (κ1) is 17.2. The van der Waals surface area contributed by atoms with Crippen LogP contribution in [0.5, 0.6) is 0 Å². The molecule has 5 nitrogen and oxygen atoms in total. The van der Waals surface area contributed by atoms with Crippen molar-refractivity contribution in [2.24, 2.45) is 0 Å². The van der Waals surface area contributed by atoms with Crippen LogP contribution in [-0.2, 0) is 14.8 Å². The van der Waals surface area contributed by atoms with Gasteiger partial charge in [0.2, 0.25) is 15.9 Å². The van der Waals surface area contributed by atoms with E-state index in [1.807, 2.05) is 0 Å². The molecule has 1 saturated carbocycles. The Morgan fingerprint density at radius 2 is 1.82 bits per heavy atom. The molecule has 22 heavy (non-hydrogen) atoms. The van der Waals surface area contributed by atoms with Crippen molar-refractivity contribution in [2.75, 3.05) is 18.2 Å². The van der Waals surface area contributed by atoms with Crippen molar-refractivity contribution in [2.45, 2.75) is 43.0 Å². The highest BCUT2D eigenvalue weighted by Crippen LogP contribution is 2.26. The zero-order valence-electron chi connectivity index (χ0n) is 12.6. The molecule has 0 aliphatic heterocycles. The Labute approximate surface area is 136 Å². The van der Waals surface area contributed by atoms with Crippen LogP contribution in [0, 0.1) is 0 Å². The molecule has 1 aromatic carbocycles. The minimum Gasteiger partial charge on any atom is -0.325 e. The van der Waals surface area contributed by atoms with Gasteiger partial charge >= 0.3 is 0 Å².